The molecule has 2 amide bonds. The number of fused-ring (bicyclic) bond motifs is 2. The van der Waals surface area contributed by atoms with E-state index >= 15 is 0 Å². The summed E-state index contributed by atoms with van der Waals surface area (Å²) in [4.78, 5) is 41.7. The van der Waals surface area contributed by atoms with Crippen molar-refractivity contribution < 1.29 is 19.2 Å². The first-order valence-electron chi connectivity index (χ1n) is 6.88. The standard InChI is InChI=1S/C15H11N3O4/c19-13-9-3-1-2-4-10(9)14(20)18(13)22-15(21)11-6-5-8-7-16-17-12(8)11/h1-4,7,11H,5-6H2,(H,16,17). The van der Waals surface area contributed by atoms with Crippen molar-refractivity contribution in [1.82, 2.24) is 15.3 Å². The summed E-state index contributed by atoms with van der Waals surface area (Å²) < 4.78 is 0. The van der Waals surface area contributed by atoms with Crippen LogP contribution in [0, 0.1) is 0 Å². The molecule has 2 aromatic rings. The molecule has 2 heterocycles. The lowest BCUT2D eigenvalue weighted by atomic mass is 10.1. The molecule has 0 radical (unpaired) electrons. The lowest BCUT2D eigenvalue weighted by molar-refractivity contribution is -0.170. The molecular formula is C15H11N3O4. The first-order valence-corrected chi connectivity index (χ1v) is 6.88. The number of nitrogens with one attached hydrogen (secondary N) is 1. The Labute approximate surface area is 124 Å². The quantitative estimate of drug-likeness (QED) is 0.841. The fourth-order valence-corrected chi connectivity index (χ4v) is 2.91. The van der Waals surface area contributed by atoms with Crippen LogP contribution in [0.15, 0.2) is 30.5 Å². The number of imide groups is 1. The van der Waals surface area contributed by atoms with Crippen LogP contribution < -0.4 is 0 Å². The number of amides is 2. The van der Waals surface area contributed by atoms with E-state index in [9.17, 15) is 14.4 Å². The maximum Gasteiger partial charge on any atom is 0.342 e. The normalized spacial score (nSPS) is 19.3. The molecule has 0 fully saturated rings. The van der Waals surface area contributed by atoms with Crippen LogP contribution in [0.5, 0.6) is 0 Å². The summed E-state index contributed by atoms with van der Waals surface area (Å²) in [6.45, 7) is 0. The summed E-state index contributed by atoms with van der Waals surface area (Å²) in [5.74, 6) is -2.38. The van der Waals surface area contributed by atoms with E-state index < -0.39 is 23.7 Å². The van der Waals surface area contributed by atoms with E-state index in [2.05, 4.69) is 10.2 Å². The molecule has 0 spiro atoms. The third-order valence-electron chi connectivity index (χ3n) is 4.02. The smallest absolute Gasteiger partial charge is 0.329 e. The van der Waals surface area contributed by atoms with Crippen molar-refractivity contribution in [3.8, 4) is 0 Å². The molecule has 1 aromatic carbocycles. The van der Waals surface area contributed by atoms with E-state index in [1.54, 1.807) is 18.3 Å². The third kappa shape index (κ3) is 1.68. The molecule has 7 nitrogen and oxygen atoms in total. The van der Waals surface area contributed by atoms with Gasteiger partial charge in [-0.15, -0.1) is 0 Å². The minimum absolute atomic E-state index is 0.244. The molecule has 110 valence electrons. The fourth-order valence-electron chi connectivity index (χ4n) is 2.91. The molecule has 2 aliphatic rings. The summed E-state index contributed by atoms with van der Waals surface area (Å²) >= 11 is 0. The van der Waals surface area contributed by atoms with Gasteiger partial charge in [0.1, 0.15) is 5.92 Å². The zero-order chi connectivity index (χ0) is 15.3. The number of hydroxylamine groups is 2. The average Bonchev–Trinajstić information content (AvgIpc) is 3.18. The first kappa shape index (κ1) is 12.8. The Hall–Kier alpha value is -2.96. The summed E-state index contributed by atoms with van der Waals surface area (Å²) in [5.41, 5.74) is 2.15. The lowest BCUT2D eigenvalue weighted by Crippen LogP contribution is -2.34. The van der Waals surface area contributed by atoms with Crippen LogP contribution in [0.1, 0.15) is 44.3 Å². The highest BCUT2D eigenvalue weighted by atomic mass is 16.7. The van der Waals surface area contributed by atoms with Crippen LogP contribution >= 0.6 is 0 Å². The van der Waals surface area contributed by atoms with Crippen LogP contribution in [0.25, 0.3) is 0 Å². The van der Waals surface area contributed by atoms with Gasteiger partial charge in [-0.3, -0.25) is 14.7 Å². The van der Waals surface area contributed by atoms with Crippen LogP contribution in [0.3, 0.4) is 0 Å². The summed E-state index contributed by atoms with van der Waals surface area (Å²) in [7, 11) is 0. The number of rotatable bonds is 2. The number of hydrogen-bond acceptors (Lipinski definition) is 5. The Bertz CT molecular complexity index is 776. The minimum Gasteiger partial charge on any atom is -0.329 e. The van der Waals surface area contributed by atoms with Crippen molar-refractivity contribution >= 4 is 17.8 Å². The third-order valence-corrected chi connectivity index (χ3v) is 4.02. The van der Waals surface area contributed by atoms with Crippen LogP contribution in [-0.2, 0) is 16.1 Å². The highest BCUT2D eigenvalue weighted by Gasteiger charge is 2.41. The molecule has 4 rings (SSSR count). The van der Waals surface area contributed by atoms with Gasteiger partial charge >= 0.3 is 5.97 Å². The molecule has 0 bridgehead atoms. The molecule has 7 heteroatoms. The number of benzene rings is 1. The van der Waals surface area contributed by atoms with Crippen LogP contribution in [0.4, 0.5) is 0 Å². The van der Waals surface area contributed by atoms with E-state index in [1.807, 2.05) is 0 Å². The molecular weight excluding hydrogens is 286 g/mol. The molecule has 0 saturated heterocycles. The van der Waals surface area contributed by atoms with Gasteiger partial charge in [-0.2, -0.15) is 5.10 Å². The van der Waals surface area contributed by atoms with Gasteiger partial charge in [0.05, 0.1) is 23.0 Å². The fraction of sp³-hybridized carbons (Fsp3) is 0.200. The number of carbonyl (C=O) groups is 3. The van der Waals surface area contributed by atoms with E-state index in [0.717, 1.165) is 5.56 Å². The summed E-state index contributed by atoms with van der Waals surface area (Å²) in [6.07, 6.45) is 2.96. The zero-order valence-electron chi connectivity index (χ0n) is 11.4. The molecule has 1 aliphatic carbocycles. The van der Waals surface area contributed by atoms with Gasteiger partial charge in [0.15, 0.2) is 0 Å². The Morgan fingerprint density at radius 2 is 1.91 bits per heavy atom. The summed E-state index contributed by atoms with van der Waals surface area (Å²) in [6, 6.07) is 6.38. The van der Waals surface area contributed by atoms with E-state index in [0.29, 0.717) is 23.6 Å². The molecule has 22 heavy (non-hydrogen) atoms. The Balaban J connectivity index is 1.57. The van der Waals surface area contributed by atoms with Crippen LogP contribution in [0.2, 0.25) is 0 Å². The molecule has 0 saturated carbocycles. The van der Waals surface area contributed by atoms with Gasteiger partial charge in [0.25, 0.3) is 11.8 Å². The molecule has 1 aliphatic heterocycles. The number of nitrogens with zero attached hydrogens (tertiary/aromatic N) is 2. The van der Waals surface area contributed by atoms with Crippen molar-refractivity contribution in [3.63, 3.8) is 0 Å². The van der Waals surface area contributed by atoms with Gasteiger partial charge in [-0.1, -0.05) is 17.2 Å². The monoisotopic (exact) mass is 297 g/mol. The number of hydrogen-bond donors (Lipinski definition) is 1. The van der Waals surface area contributed by atoms with Crippen molar-refractivity contribution in [1.29, 1.82) is 0 Å². The topological polar surface area (TPSA) is 92.4 Å². The average molecular weight is 297 g/mol. The van der Waals surface area contributed by atoms with Gasteiger partial charge < -0.3 is 4.84 Å². The number of aromatic amines is 1. The Morgan fingerprint density at radius 3 is 2.59 bits per heavy atom. The summed E-state index contributed by atoms with van der Waals surface area (Å²) in [5, 5.41) is 7.21. The maximum atomic E-state index is 12.3. The van der Waals surface area contributed by atoms with Gasteiger partial charge in [0, 0.05) is 0 Å². The SMILES string of the molecule is O=C(ON1C(=O)c2ccccc2C1=O)C1CCc2cn[nH]c21. The minimum atomic E-state index is -0.627. The molecule has 1 aromatic heterocycles. The van der Waals surface area contributed by atoms with Crippen molar-refractivity contribution in [2.45, 2.75) is 18.8 Å². The number of H-pyrrole nitrogens is 1. The number of aromatic nitrogens is 2. The predicted molar refractivity (Wildman–Crippen MR) is 72.7 cm³/mol. The highest BCUT2D eigenvalue weighted by molar-refractivity contribution is 6.20. The van der Waals surface area contributed by atoms with E-state index in [1.165, 1.54) is 12.1 Å². The van der Waals surface area contributed by atoms with Crippen molar-refractivity contribution in [2.75, 3.05) is 0 Å². The molecule has 1 N–H and O–H groups in total. The second-order valence-corrected chi connectivity index (χ2v) is 5.26. The maximum absolute atomic E-state index is 12.3. The first-order chi connectivity index (χ1) is 10.7. The van der Waals surface area contributed by atoms with E-state index in [4.69, 9.17) is 4.84 Å². The zero-order valence-corrected chi connectivity index (χ0v) is 11.4. The lowest BCUT2D eigenvalue weighted by Gasteiger charge is -2.15. The van der Waals surface area contributed by atoms with Crippen molar-refractivity contribution in [3.05, 3.63) is 52.8 Å². The van der Waals surface area contributed by atoms with Gasteiger partial charge in [0.2, 0.25) is 0 Å². The second-order valence-electron chi connectivity index (χ2n) is 5.26. The Morgan fingerprint density at radius 1 is 1.23 bits per heavy atom. The molecule has 1 unspecified atom stereocenters. The predicted octanol–water partition coefficient (Wildman–Crippen LogP) is 1.19. The second kappa shape index (κ2) is 4.52. The van der Waals surface area contributed by atoms with Crippen molar-refractivity contribution in [2.24, 2.45) is 0 Å². The molecule has 1 atom stereocenters. The largest absolute Gasteiger partial charge is 0.342 e. The van der Waals surface area contributed by atoms with Gasteiger partial charge in [-0.25, -0.2) is 4.79 Å². The highest BCUT2D eigenvalue weighted by Crippen LogP contribution is 2.33. The van der Waals surface area contributed by atoms with Crippen LogP contribution in [-0.4, -0.2) is 33.0 Å². The number of carbonyl (C=O) groups excluding carboxylic acids is 3. The van der Waals surface area contributed by atoms with Gasteiger partial charge in [-0.05, 0) is 30.5 Å². The number of aryl methyl sites for hydroxylation is 1. The Kier molecular flexibility index (Phi) is 2.62. The van der Waals surface area contributed by atoms with E-state index in [-0.39, 0.29) is 11.1 Å².